The Morgan fingerprint density at radius 2 is 1.75 bits per heavy atom. The van der Waals surface area contributed by atoms with Crippen LogP contribution in [-0.2, 0) is 11.8 Å². The molecule has 114 valence electrons. The van der Waals surface area contributed by atoms with E-state index in [9.17, 15) is 0 Å². The van der Waals surface area contributed by atoms with E-state index in [-0.39, 0.29) is 5.41 Å². The maximum Gasteiger partial charge on any atom is 0.122 e. The van der Waals surface area contributed by atoms with Gasteiger partial charge in [-0.1, -0.05) is 46.8 Å². The van der Waals surface area contributed by atoms with Gasteiger partial charge in [0.2, 0.25) is 0 Å². The highest BCUT2D eigenvalue weighted by atomic mass is 16.5. The summed E-state index contributed by atoms with van der Waals surface area (Å²) in [7, 11) is 0. The zero-order valence-corrected chi connectivity index (χ0v) is 14.0. The van der Waals surface area contributed by atoms with Crippen LogP contribution in [0.15, 0.2) is 18.2 Å². The molecule has 0 radical (unpaired) electrons. The van der Waals surface area contributed by atoms with Crippen molar-refractivity contribution in [3.05, 3.63) is 29.3 Å². The van der Waals surface area contributed by atoms with Crippen molar-refractivity contribution in [2.45, 2.75) is 59.8 Å². The van der Waals surface area contributed by atoms with Gasteiger partial charge in [-0.3, -0.25) is 0 Å². The fourth-order valence-corrected chi connectivity index (χ4v) is 3.08. The number of ether oxygens (including phenoxy) is 1. The Morgan fingerprint density at radius 3 is 2.25 bits per heavy atom. The summed E-state index contributed by atoms with van der Waals surface area (Å²) in [5, 5.41) is 0. The predicted molar refractivity (Wildman–Crippen MR) is 87.5 cm³/mol. The van der Waals surface area contributed by atoms with E-state index in [1.807, 2.05) is 6.92 Å². The minimum atomic E-state index is 0.159. The summed E-state index contributed by atoms with van der Waals surface area (Å²) < 4.78 is 5.70. The third kappa shape index (κ3) is 4.82. The molecule has 2 heteroatoms. The quantitative estimate of drug-likeness (QED) is 0.841. The van der Waals surface area contributed by atoms with Crippen LogP contribution in [0.1, 0.15) is 59.1 Å². The first kappa shape index (κ1) is 17.0. The third-order valence-electron chi connectivity index (χ3n) is 3.53. The largest absolute Gasteiger partial charge is 0.494 e. The minimum absolute atomic E-state index is 0.159. The lowest BCUT2D eigenvalue weighted by molar-refractivity contribution is 0.283. The van der Waals surface area contributed by atoms with Gasteiger partial charge in [0.05, 0.1) is 6.61 Å². The molecule has 0 saturated carbocycles. The van der Waals surface area contributed by atoms with Gasteiger partial charge in [0.25, 0.3) is 0 Å². The van der Waals surface area contributed by atoms with Gasteiger partial charge in [-0.15, -0.1) is 0 Å². The van der Waals surface area contributed by atoms with Gasteiger partial charge < -0.3 is 10.5 Å². The molecule has 0 heterocycles. The van der Waals surface area contributed by atoms with Gasteiger partial charge in [0, 0.05) is 0 Å². The van der Waals surface area contributed by atoms with Crippen molar-refractivity contribution in [2.75, 3.05) is 13.2 Å². The highest BCUT2D eigenvalue weighted by molar-refractivity contribution is 5.40. The van der Waals surface area contributed by atoms with Gasteiger partial charge in [0.1, 0.15) is 5.75 Å². The predicted octanol–water partition coefficient (Wildman–Crippen LogP) is 4.30. The van der Waals surface area contributed by atoms with Gasteiger partial charge in [0.15, 0.2) is 0 Å². The Morgan fingerprint density at radius 1 is 1.10 bits per heavy atom. The zero-order valence-electron chi connectivity index (χ0n) is 14.0. The molecular formula is C18H31NO. The van der Waals surface area contributed by atoms with Crippen molar-refractivity contribution in [2.24, 2.45) is 11.1 Å². The monoisotopic (exact) mass is 277 g/mol. The highest BCUT2D eigenvalue weighted by Gasteiger charge is 2.27. The minimum Gasteiger partial charge on any atom is -0.494 e. The van der Waals surface area contributed by atoms with Gasteiger partial charge in [-0.2, -0.15) is 0 Å². The molecule has 0 amide bonds. The molecule has 0 fully saturated rings. The van der Waals surface area contributed by atoms with E-state index < -0.39 is 0 Å². The summed E-state index contributed by atoms with van der Waals surface area (Å²) in [5.74, 6) is 0.980. The Hall–Kier alpha value is -1.02. The maximum atomic E-state index is 5.73. The van der Waals surface area contributed by atoms with E-state index >= 15 is 0 Å². The number of benzene rings is 1. The molecule has 0 aromatic heterocycles. The number of rotatable bonds is 6. The van der Waals surface area contributed by atoms with Crippen molar-refractivity contribution in [3.8, 4) is 5.75 Å². The lowest BCUT2D eigenvalue weighted by atomic mass is 9.72. The van der Waals surface area contributed by atoms with Crippen LogP contribution >= 0.6 is 0 Å². The highest BCUT2D eigenvalue weighted by Crippen LogP contribution is 2.37. The van der Waals surface area contributed by atoms with E-state index in [1.165, 1.54) is 11.1 Å². The normalized spacial score (nSPS) is 12.6. The van der Waals surface area contributed by atoms with Crippen LogP contribution in [0.5, 0.6) is 5.75 Å². The number of hydrogen-bond donors (Lipinski definition) is 1. The van der Waals surface area contributed by atoms with Crippen LogP contribution < -0.4 is 10.5 Å². The Bertz CT molecular complexity index is 430. The molecule has 0 aliphatic rings. The summed E-state index contributed by atoms with van der Waals surface area (Å²) in [5.41, 5.74) is 8.81. The summed E-state index contributed by atoms with van der Waals surface area (Å²) in [6.07, 6.45) is 2.02. The van der Waals surface area contributed by atoms with Crippen LogP contribution in [0.25, 0.3) is 0 Å². The van der Waals surface area contributed by atoms with Crippen LogP contribution in [-0.4, -0.2) is 13.2 Å². The summed E-state index contributed by atoms with van der Waals surface area (Å²) >= 11 is 0. The average Bonchev–Trinajstić information content (AvgIpc) is 2.28. The van der Waals surface area contributed by atoms with E-state index in [0.29, 0.717) is 18.6 Å². The second kappa shape index (κ2) is 6.62. The molecule has 1 rings (SSSR count). The SMILES string of the molecule is CCOc1ccc(C(C)(C)CC(C)(C)C)cc1CCN. The molecule has 20 heavy (non-hydrogen) atoms. The molecule has 0 aliphatic carbocycles. The summed E-state index contributed by atoms with van der Waals surface area (Å²) in [6.45, 7) is 14.9. The van der Waals surface area contributed by atoms with E-state index in [1.54, 1.807) is 0 Å². The number of nitrogens with two attached hydrogens (primary N) is 1. The van der Waals surface area contributed by atoms with Crippen molar-refractivity contribution >= 4 is 0 Å². The molecule has 0 unspecified atom stereocenters. The molecule has 0 aliphatic heterocycles. The lowest BCUT2D eigenvalue weighted by Gasteiger charge is -2.33. The van der Waals surface area contributed by atoms with Crippen molar-refractivity contribution in [1.82, 2.24) is 0 Å². The van der Waals surface area contributed by atoms with Crippen LogP contribution in [0.2, 0.25) is 0 Å². The van der Waals surface area contributed by atoms with Crippen molar-refractivity contribution < 1.29 is 4.74 Å². The standard InChI is InChI=1S/C18H31NO/c1-7-20-16-9-8-15(12-14(16)10-11-19)18(5,6)13-17(2,3)4/h8-9,12H,7,10-11,13,19H2,1-6H3. The summed E-state index contributed by atoms with van der Waals surface area (Å²) in [6, 6.07) is 6.59. The van der Waals surface area contributed by atoms with Gasteiger partial charge in [-0.25, -0.2) is 0 Å². The molecule has 0 bridgehead atoms. The second-order valence-corrected chi connectivity index (χ2v) is 7.42. The van der Waals surface area contributed by atoms with Crippen LogP contribution in [0, 0.1) is 5.41 Å². The fraction of sp³-hybridized carbons (Fsp3) is 0.667. The molecule has 0 spiro atoms. The molecule has 2 N–H and O–H groups in total. The second-order valence-electron chi connectivity index (χ2n) is 7.42. The van der Waals surface area contributed by atoms with Gasteiger partial charge in [-0.05, 0) is 54.3 Å². The van der Waals surface area contributed by atoms with Crippen molar-refractivity contribution in [1.29, 1.82) is 0 Å². The molecule has 1 aromatic carbocycles. The van der Waals surface area contributed by atoms with E-state index in [2.05, 4.69) is 52.8 Å². The first-order valence-corrected chi connectivity index (χ1v) is 7.66. The maximum absolute atomic E-state index is 5.73. The first-order valence-electron chi connectivity index (χ1n) is 7.66. The molecule has 0 saturated heterocycles. The van der Waals surface area contributed by atoms with Crippen molar-refractivity contribution in [3.63, 3.8) is 0 Å². The smallest absolute Gasteiger partial charge is 0.122 e. The Kier molecular flexibility index (Phi) is 5.64. The summed E-state index contributed by atoms with van der Waals surface area (Å²) in [4.78, 5) is 0. The molecule has 1 aromatic rings. The third-order valence-corrected chi connectivity index (χ3v) is 3.53. The van der Waals surface area contributed by atoms with Crippen LogP contribution in [0.3, 0.4) is 0 Å². The zero-order chi connectivity index (χ0) is 15.4. The first-order chi connectivity index (χ1) is 9.19. The Balaban J connectivity index is 3.09. The lowest BCUT2D eigenvalue weighted by Crippen LogP contribution is -2.25. The fourth-order valence-electron chi connectivity index (χ4n) is 3.08. The average molecular weight is 277 g/mol. The number of hydrogen-bond acceptors (Lipinski definition) is 2. The van der Waals surface area contributed by atoms with E-state index in [4.69, 9.17) is 10.5 Å². The van der Waals surface area contributed by atoms with Gasteiger partial charge >= 0.3 is 0 Å². The molecule has 0 atom stereocenters. The Labute approximate surface area is 124 Å². The van der Waals surface area contributed by atoms with E-state index in [0.717, 1.165) is 18.6 Å². The molecular weight excluding hydrogens is 246 g/mol. The molecule has 2 nitrogen and oxygen atoms in total. The van der Waals surface area contributed by atoms with Crippen LogP contribution in [0.4, 0.5) is 0 Å². The topological polar surface area (TPSA) is 35.2 Å².